The maximum Gasteiger partial charge on any atom is 0.379 e. The summed E-state index contributed by atoms with van der Waals surface area (Å²) in [6.07, 6.45) is 0. The number of carbonyl (C=O) groups excluding carboxylic acids is 1. The van der Waals surface area contributed by atoms with Gasteiger partial charge in [0.15, 0.2) is 0 Å². The normalized spacial score (nSPS) is 12.5. The molecule has 0 unspecified atom stereocenters. The van der Waals surface area contributed by atoms with Crippen LogP contribution in [0.1, 0.15) is 24.1 Å². The molecule has 0 aliphatic heterocycles. The average Bonchev–Trinajstić information content (AvgIpc) is 2.28. The van der Waals surface area contributed by atoms with Crippen LogP contribution in [-0.4, -0.2) is 18.5 Å². The number of alkyl halides is 2. The standard InChI is InChI=1S/C12H14BrF2NO2.ClH/c1-3-18-11(17)12(14,15)10(16)8-5-4-7(2)6-9(8)13;/h4-6,10H,3,16H2,1-2H3;1H/t10-;/m0./s1. The summed E-state index contributed by atoms with van der Waals surface area (Å²) in [5.74, 6) is -5.36. The van der Waals surface area contributed by atoms with Gasteiger partial charge >= 0.3 is 11.9 Å². The average molecular weight is 359 g/mol. The summed E-state index contributed by atoms with van der Waals surface area (Å²) in [6.45, 7) is 3.17. The van der Waals surface area contributed by atoms with Crippen LogP contribution in [0, 0.1) is 6.92 Å². The highest BCUT2D eigenvalue weighted by Crippen LogP contribution is 2.34. The fourth-order valence-corrected chi connectivity index (χ4v) is 2.17. The molecule has 1 aromatic carbocycles. The van der Waals surface area contributed by atoms with E-state index in [2.05, 4.69) is 20.7 Å². The van der Waals surface area contributed by atoms with Crippen molar-refractivity contribution in [1.29, 1.82) is 0 Å². The van der Waals surface area contributed by atoms with Gasteiger partial charge in [-0.15, -0.1) is 12.4 Å². The van der Waals surface area contributed by atoms with Gasteiger partial charge in [-0.1, -0.05) is 28.1 Å². The molecule has 0 aliphatic rings. The highest BCUT2D eigenvalue weighted by atomic mass is 79.9. The SMILES string of the molecule is CCOC(=O)C(F)(F)[C@@H](N)c1ccc(C)cc1Br.Cl. The molecule has 0 radical (unpaired) electrons. The van der Waals surface area contributed by atoms with Gasteiger partial charge in [-0.2, -0.15) is 8.78 Å². The molecule has 0 spiro atoms. The van der Waals surface area contributed by atoms with Crippen LogP contribution in [-0.2, 0) is 9.53 Å². The van der Waals surface area contributed by atoms with Gasteiger partial charge in [0.05, 0.1) is 6.61 Å². The molecular weight excluding hydrogens is 343 g/mol. The first-order chi connectivity index (χ1) is 8.30. The van der Waals surface area contributed by atoms with Gasteiger partial charge in [0.1, 0.15) is 6.04 Å². The van der Waals surface area contributed by atoms with Crippen LogP contribution in [0.3, 0.4) is 0 Å². The highest BCUT2D eigenvalue weighted by Gasteiger charge is 2.48. The van der Waals surface area contributed by atoms with Crippen molar-refractivity contribution in [3.63, 3.8) is 0 Å². The van der Waals surface area contributed by atoms with Gasteiger partial charge < -0.3 is 10.5 Å². The fraction of sp³-hybridized carbons (Fsp3) is 0.417. The fourth-order valence-electron chi connectivity index (χ4n) is 1.43. The summed E-state index contributed by atoms with van der Waals surface area (Å²) in [4.78, 5) is 11.2. The Balaban J connectivity index is 0.00000324. The molecule has 0 heterocycles. The summed E-state index contributed by atoms with van der Waals surface area (Å²) < 4.78 is 32.3. The molecule has 1 atom stereocenters. The second kappa shape index (κ2) is 7.17. The molecule has 1 aromatic rings. The van der Waals surface area contributed by atoms with Crippen LogP contribution in [0.2, 0.25) is 0 Å². The Morgan fingerprint density at radius 2 is 2.11 bits per heavy atom. The molecule has 3 nitrogen and oxygen atoms in total. The number of benzene rings is 1. The number of halogens is 4. The molecule has 7 heteroatoms. The summed E-state index contributed by atoms with van der Waals surface area (Å²) in [7, 11) is 0. The van der Waals surface area contributed by atoms with E-state index in [-0.39, 0.29) is 24.6 Å². The number of esters is 1. The second-order valence-electron chi connectivity index (χ2n) is 3.85. The van der Waals surface area contributed by atoms with Gasteiger partial charge in [-0.3, -0.25) is 0 Å². The maximum absolute atomic E-state index is 13.7. The smallest absolute Gasteiger partial charge is 0.379 e. The van der Waals surface area contributed by atoms with Gasteiger partial charge in [0, 0.05) is 4.47 Å². The summed E-state index contributed by atoms with van der Waals surface area (Å²) in [5.41, 5.74) is 6.54. The number of carbonyl (C=O) groups is 1. The third-order valence-electron chi connectivity index (χ3n) is 2.43. The second-order valence-corrected chi connectivity index (χ2v) is 4.70. The Morgan fingerprint density at radius 1 is 1.53 bits per heavy atom. The van der Waals surface area contributed by atoms with Crippen molar-refractivity contribution < 1.29 is 18.3 Å². The molecule has 108 valence electrons. The van der Waals surface area contributed by atoms with E-state index in [4.69, 9.17) is 5.73 Å². The molecule has 0 aromatic heterocycles. The Bertz CT molecular complexity index is 457. The largest absolute Gasteiger partial charge is 0.462 e. The van der Waals surface area contributed by atoms with E-state index in [1.807, 2.05) is 6.92 Å². The minimum atomic E-state index is -3.76. The van der Waals surface area contributed by atoms with Gasteiger partial charge in [-0.25, -0.2) is 4.79 Å². The number of aryl methyl sites for hydroxylation is 1. The maximum atomic E-state index is 13.7. The lowest BCUT2D eigenvalue weighted by molar-refractivity contribution is -0.174. The molecule has 1 rings (SSSR count). The van der Waals surface area contributed by atoms with Crippen LogP contribution in [0.25, 0.3) is 0 Å². The van der Waals surface area contributed by atoms with E-state index in [1.165, 1.54) is 13.0 Å². The Hall–Kier alpha value is -0.720. The molecule has 0 fully saturated rings. The predicted octanol–water partition coefficient (Wildman–Crippen LogP) is 3.38. The lowest BCUT2D eigenvalue weighted by atomic mass is 10.0. The van der Waals surface area contributed by atoms with Crippen molar-refractivity contribution in [2.45, 2.75) is 25.8 Å². The van der Waals surface area contributed by atoms with E-state index in [0.29, 0.717) is 4.47 Å². The number of rotatable bonds is 4. The molecule has 0 saturated heterocycles. The highest BCUT2D eigenvalue weighted by molar-refractivity contribution is 9.10. The number of hydrogen-bond donors (Lipinski definition) is 1. The van der Waals surface area contributed by atoms with E-state index in [1.54, 1.807) is 12.1 Å². The van der Waals surface area contributed by atoms with Crippen LogP contribution >= 0.6 is 28.3 Å². The van der Waals surface area contributed by atoms with Crippen molar-refractivity contribution in [3.8, 4) is 0 Å². The van der Waals surface area contributed by atoms with Crippen LogP contribution < -0.4 is 5.73 Å². The van der Waals surface area contributed by atoms with Crippen molar-refractivity contribution in [2.75, 3.05) is 6.61 Å². The topological polar surface area (TPSA) is 52.3 Å². The Labute approximate surface area is 125 Å². The molecule has 0 amide bonds. The van der Waals surface area contributed by atoms with Crippen molar-refractivity contribution >= 4 is 34.3 Å². The third kappa shape index (κ3) is 4.12. The summed E-state index contributed by atoms with van der Waals surface area (Å²) in [6, 6.07) is 3.04. The van der Waals surface area contributed by atoms with E-state index >= 15 is 0 Å². The van der Waals surface area contributed by atoms with Crippen LogP contribution in [0.5, 0.6) is 0 Å². The van der Waals surface area contributed by atoms with Gasteiger partial charge in [0.25, 0.3) is 0 Å². The quantitative estimate of drug-likeness (QED) is 0.840. The first-order valence-corrected chi connectivity index (χ1v) is 6.16. The lowest BCUT2D eigenvalue weighted by Crippen LogP contribution is -2.41. The lowest BCUT2D eigenvalue weighted by Gasteiger charge is -2.22. The molecule has 2 N–H and O–H groups in total. The third-order valence-corrected chi connectivity index (χ3v) is 3.12. The first-order valence-electron chi connectivity index (χ1n) is 5.37. The zero-order valence-electron chi connectivity index (χ0n) is 10.5. The summed E-state index contributed by atoms with van der Waals surface area (Å²) >= 11 is 3.16. The minimum Gasteiger partial charge on any atom is -0.462 e. The van der Waals surface area contributed by atoms with Crippen LogP contribution in [0.15, 0.2) is 22.7 Å². The molecular formula is C12H15BrClF2NO2. The Morgan fingerprint density at radius 3 is 2.58 bits per heavy atom. The predicted molar refractivity (Wildman–Crippen MR) is 74.6 cm³/mol. The number of ether oxygens (including phenoxy) is 1. The summed E-state index contributed by atoms with van der Waals surface area (Å²) in [5, 5.41) is 0. The monoisotopic (exact) mass is 357 g/mol. The van der Waals surface area contributed by atoms with Crippen LogP contribution in [0.4, 0.5) is 8.78 Å². The van der Waals surface area contributed by atoms with Gasteiger partial charge in [0.2, 0.25) is 0 Å². The minimum absolute atomic E-state index is 0. The number of hydrogen-bond acceptors (Lipinski definition) is 3. The molecule has 0 saturated carbocycles. The van der Waals surface area contributed by atoms with Crippen molar-refractivity contribution in [1.82, 2.24) is 0 Å². The van der Waals surface area contributed by atoms with Gasteiger partial charge in [-0.05, 0) is 31.0 Å². The molecule has 0 bridgehead atoms. The van der Waals surface area contributed by atoms with E-state index < -0.39 is 17.9 Å². The molecule has 0 aliphatic carbocycles. The molecule has 19 heavy (non-hydrogen) atoms. The van der Waals surface area contributed by atoms with E-state index in [9.17, 15) is 13.6 Å². The Kier molecular flexibility index (Phi) is 6.89. The first kappa shape index (κ1) is 18.3. The van der Waals surface area contributed by atoms with Crippen molar-refractivity contribution in [2.24, 2.45) is 5.73 Å². The van der Waals surface area contributed by atoms with E-state index in [0.717, 1.165) is 5.56 Å². The zero-order chi connectivity index (χ0) is 13.9. The number of nitrogens with two attached hydrogens (primary N) is 1. The van der Waals surface area contributed by atoms with Crippen molar-refractivity contribution in [3.05, 3.63) is 33.8 Å². The zero-order valence-corrected chi connectivity index (χ0v) is 12.9.